The number of fused-ring (bicyclic) bond motifs is 1. The third kappa shape index (κ3) is 4.82. The molecular formula is C22H19NaO13. The molecule has 1 fully saturated rings. The van der Waals surface area contributed by atoms with E-state index in [2.05, 4.69) is 0 Å². The van der Waals surface area contributed by atoms with Crippen LogP contribution in [0.2, 0.25) is 0 Å². The number of hydrogen-bond acceptors (Lipinski definition) is 13. The van der Waals surface area contributed by atoms with Gasteiger partial charge in [-0.1, -0.05) is 0 Å². The van der Waals surface area contributed by atoms with Crippen molar-refractivity contribution in [2.75, 3.05) is 7.11 Å². The summed E-state index contributed by atoms with van der Waals surface area (Å²) >= 11 is 0. The number of aliphatic carboxylic acids is 1. The van der Waals surface area contributed by atoms with Gasteiger partial charge in [0, 0.05) is 17.7 Å². The van der Waals surface area contributed by atoms with Gasteiger partial charge in [-0.25, -0.2) is 0 Å². The van der Waals surface area contributed by atoms with Crippen molar-refractivity contribution in [1.29, 1.82) is 0 Å². The molecule has 0 radical (unpaired) electrons. The van der Waals surface area contributed by atoms with Crippen LogP contribution < -0.4 is 49.6 Å². The summed E-state index contributed by atoms with van der Waals surface area (Å²) in [5, 5.41) is 71.0. The maximum Gasteiger partial charge on any atom is 1.00 e. The number of benzene rings is 2. The molecule has 36 heavy (non-hydrogen) atoms. The molecular weight excluding hydrogens is 495 g/mol. The van der Waals surface area contributed by atoms with Gasteiger partial charge in [-0.2, -0.15) is 0 Å². The van der Waals surface area contributed by atoms with Crippen LogP contribution in [0, 0.1) is 0 Å². The predicted octanol–water partition coefficient (Wildman–Crippen LogP) is -4.47. The zero-order chi connectivity index (χ0) is 25.6. The molecule has 3 aromatic rings. The summed E-state index contributed by atoms with van der Waals surface area (Å²) in [5.74, 6) is -4.36. The fourth-order valence-corrected chi connectivity index (χ4v) is 3.64. The van der Waals surface area contributed by atoms with Gasteiger partial charge >= 0.3 is 29.6 Å². The Morgan fingerprint density at radius 2 is 1.69 bits per heavy atom. The second-order valence-corrected chi connectivity index (χ2v) is 7.65. The van der Waals surface area contributed by atoms with Gasteiger partial charge in [0.2, 0.25) is 17.5 Å². The monoisotopic (exact) mass is 514 g/mol. The average molecular weight is 514 g/mol. The second-order valence-electron chi connectivity index (χ2n) is 7.65. The fourth-order valence-electron chi connectivity index (χ4n) is 3.64. The normalized spacial score (nSPS) is 23.6. The summed E-state index contributed by atoms with van der Waals surface area (Å²) in [4.78, 5) is 24.6. The maximum absolute atomic E-state index is 13.3. The van der Waals surface area contributed by atoms with E-state index in [-0.39, 0.29) is 58.0 Å². The third-order valence-electron chi connectivity index (χ3n) is 5.40. The standard InChI is InChI=1S/C22H20O13.Na/c1-32-11-4-7(2-3-9(11)24)18-19(14(26)13-10(25)5-8(23)6-12(13)33-18)34-22-17(29)15(27)16(28)20(35-22)21(30)31;/h2-6,15-17,20,22-25,27-29H,1H3,(H,30,31);/q;+1/p-1/t15-,16-,17+,20-,22+;/m0./s1. The van der Waals surface area contributed by atoms with Gasteiger partial charge < -0.3 is 59.2 Å². The minimum Gasteiger partial charge on any atom is -0.547 e. The largest absolute Gasteiger partial charge is 1.00 e. The first-order chi connectivity index (χ1) is 16.5. The Kier molecular flexibility index (Phi) is 8.05. The molecule has 2 aromatic carbocycles. The molecule has 1 saturated heterocycles. The topological polar surface area (TPSA) is 219 Å². The van der Waals surface area contributed by atoms with Gasteiger partial charge in [0.15, 0.2) is 17.3 Å². The minimum absolute atomic E-state index is 0. The number of carboxylic acids is 1. The van der Waals surface area contributed by atoms with E-state index in [0.29, 0.717) is 0 Å². The molecule has 6 N–H and O–H groups in total. The van der Waals surface area contributed by atoms with Crippen molar-refractivity contribution in [3.05, 3.63) is 40.6 Å². The number of carboxylic acid groups (broad SMARTS) is 1. The van der Waals surface area contributed by atoms with Gasteiger partial charge in [-0.15, -0.1) is 0 Å². The number of aliphatic hydroxyl groups excluding tert-OH is 3. The summed E-state index contributed by atoms with van der Waals surface area (Å²) in [7, 11) is 1.27. The first kappa shape index (κ1) is 27.5. The number of carbonyl (C=O) groups excluding carboxylic acids is 1. The fraction of sp³-hybridized carbons (Fsp3) is 0.273. The van der Waals surface area contributed by atoms with Crippen LogP contribution in [0.1, 0.15) is 0 Å². The molecule has 1 aliphatic heterocycles. The number of rotatable bonds is 5. The van der Waals surface area contributed by atoms with Crippen LogP contribution in [0.5, 0.6) is 28.7 Å². The molecule has 13 nitrogen and oxygen atoms in total. The van der Waals surface area contributed by atoms with Crippen molar-refractivity contribution in [1.82, 2.24) is 0 Å². The molecule has 2 heterocycles. The molecule has 1 aromatic heterocycles. The number of aromatic hydroxyl groups is 3. The van der Waals surface area contributed by atoms with Crippen molar-refractivity contribution in [2.45, 2.75) is 30.7 Å². The van der Waals surface area contributed by atoms with Gasteiger partial charge in [-0.3, -0.25) is 4.79 Å². The molecule has 0 amide bonds. The number of ether oxygens (including phenoxy) is 3. The number of hydrogen-bond donors (Lipinski definition) is 6. The second kappa shape index (κ2) is 10.5. The van der Waals surface area contributed by atoms with Crippen LogP contribution in [0.15, 0.2) is 39.5 Å². The van der Waals surface area contributed by atoms with Crippen LogP contribution in [-0.4, -0.2) is 74.4 Å². The van der Waals surface area contributed by atoms with E-state index in [1.807, 2.05) is 0 Å². The molecule has 5 atom stereocenters. The van der Waals surface area contributed by atoms with Crippen molar-refractivity contribution >= 4 is 16.9 Å². The minimum atomic E-state index is -2.12. The molecule has 0 aliphatic carbocycles. The van der Waals surface area contributed by atoms with Crippen LogP contribution >= 0.6 is 0 Å². The average Bonchev–Trinajstić information content (AvgIpc) is 2.80. The Morgan fingerprint density at radius 3 is 2.33 bits per heavy atom. The molecule has 14 heteroatoms. The van der Waals surface area contributed by atoms with Gasteiger partial charge in [0.05, 0.1) is 13.1 Å². The van der Waals surface area contributed by atoms with Crippen LogP contribution in [-0.2, 0) is 9.53 Å². The smallest absolute Gasteiger partial charge is 0.547 e. The Hall–Kier alpha value is -3.04. The molecule has 0 unspecified atom stereocenters. The van der Waals surface area contributed by atoms with Crippen molar-refractivity contribution in [3.63, 3.8) is 0 Å². The van der Waals surface area contributed by atoms with E-state index in [0.717, 1.165) is 12.1 Å². The molecule has 186 valence electrons. The van der Waals surface area contributed by atoms with E-state index >= 15 is 0 Å². The van der Waals surface area contributed by atoms with Gasteiger partial charge in [0.25, 0.3) is 0 Å². The summed E-state index contributed by atoms with van der Waals surface area (Å²) in [6.45, 7) is 0. The molecule has 0 bridgehead atoms. The summed E-state index contributed by atoms with van der Waals surface area (Å²) in [6.07, 6.45) is -10.3. The number of phenolic OH excluding ortho intramolecular Hbond substituents is 3. The van der Waals surface area contributed by atoms with Crippen molar-refractivity contribution in [3.8, 4) is 40.1 Å². The Labute approximate surface area is 223 Å². The SMILES string of the molecule is COc1cc(-c2oc3cc(O)cc(O)c3c(=O)c2O[C@@H]2O[C@H](C(=O)[O-])[C@@H](O)[C@H](O)[C@H]2O)ccc1O.[Na+]. The summed E-state index contributed by atoms with van der Waals surface area (Å²) in [5.41, 5.74) is -1.21. The number of phenols is 3. The molecule has 0 spiro atoms. The molecule has 1 aliphatic rings. The van der Waals surface area contributed by atoms with E-state index in [1.165, 1.54) is 25.3 Å². The molecule has 0 saturated carbocycles. The van der Waals surface area contributed by atoms with Crippen LogP contribution in [0.4, 0.5) is 0 Å². The predicted molar refractivity (Wildman–Crippen MR) is 112 cm³/mol. The zero-order valence-corrected chi connectivity index (χ0v) is 20.8. The van der Waals surface area contributed by atoms with E-state index < -0.39 is 64.7 Å². The Bertz CT molecular complexity index is 1350. The quantitative estimate of drug-likeness (QED) is 0.177. The molecule has 4 rings (SSSR count). The number of carbonyl (C=O) groups is 1. The maximum atomic E-state index is 13.3. The van der Waals surface area contributed by atoms with Crippen molar-refractivity contribution < 1.29 is 88.7 Å². The Morgan fingerprint density at radius 1 is 1.00 bits per heavy atom. The van der Waals surface area contributed by atoms with Crippen LogP contribution in [0.25, 0.3) is 22.3 Å². The van der Waals surface area contributed by atoms with E-state index in [9.17, 15) is 45.3 Å². The van der Waals surface area contributed by atoms with E-state index in [4.69, 9.17) is 18.6 Å². The van der Waals surface area contributed by atoms with E-state index in [1.54, 1.807) is 0 Å². The van der Waals surface area contributed by atoms with Gasteiger partial charge in [0.1, 0.15) is 46.9 Å². The zero-order valence-electron chi connectivity index (χ0n) is 18.8. The number of methoxy groups -OCH3 is 1. The van der Waals surface area contributed by atoms with Crippen molar-refractivity contribution in [2.24, 2.45) is 0 Å². The third-order valence-corrected chi connectivity index (χ3v) is 5.40. The summed E-state index contributed by atoms with van der Waals surface area (Å²) < 4.78 is 21.2. The number of aliphatic hydroxyl groups is 3. The first-order valence-corrected chi connectivity index (χ1v) is 10.0. The summed E-state index contributed by atoms with van der Waals surface area (Å²) in [6, 6.07) is 5.68. The van der Waals surface area contributed by atoms with Crippen LogP contribution in [0.3, 0.4) is 0 Å². The van der Waals surface area contributed by atoms with Gasteiger partial charge in [-0.05, 0) is 18.2 Å². The Balaban J connectivity index is 0.00000361. The first-order valence-electron chi connectivity index (χ1n) is 10.0.